The third-order valence-corrected chi connectivity index (χ3v) is 4.22. The van der Waals surface area contributed by atoms with Crippen LogP contribution < -0.4 is 0 Å². The Bertz CT molecular complexity index is 217. The van der Waals surface area contributed by atoms with Crippen molar-refractivity contribution in [2.45, 2.75) is 39.2 Å². The fourth-order valence-electron chi connectivity index (χ4n) is 2.52. The van der Waals surface area contributed by atoms with E-state index in [9.17, 15) is 5.11 Å². The maximum Gasteiger partial charge on any atom is 0.0589 e. The van der Waals surface area contributed by atoms with E-state index in [1.54, 1.807) is 7.11 Å². The predicted octanol–water partition coefficient (Wildman–Crippen LogP) is 1.52. The second-order valence-corrected chi connectivity index (χ2v) is 5.49. The minimum absolute atomic E-state index is 0.0232. The van der Waals surface area contributed by atoms with Crippen molar-refractivity contribution in [3.8, 4) is 0 Å². The number of hydrogen-bond acceptors (Lipinski definition) is 4. The number of hydrogen-bond donors (Lipinski definition) is 1. The van der Waals surface area contributed by atoms with Gasteiger partial charge in [-0.3, -0.25) is 4.90 Å². The van der Waals surface area contributed by atoms with E-state index >= 15 is 0 Å². The number of nitrogens with zero attached hydrogens (tertiary/aromatic N) is 1. The molecule has 0 aliphatic carbocycles. The molecule has 0 radical (unpaired) electrons. The highest BCUT2D eigenvalue weighted by molar-refractivity contribution is 4.86. The first-order chi connectivity index (χ1) is 8.67. The van der Waals surface area contributed by atoms with Gasteiger partial charge >= 0.3 is 0 Å². The Balaban J connectivity index is 2.60. The SMILES string of the molecule is CCC(C)N(CCOC)CC1(CO)CCOCC1. The zero-order chi connectivity index (χ0) is 13.4. The summed E-state index contributed by atoms with van der Waals surface area (Å²) in [6.07, 6.45) is 3.05. The molecule has 108 valence electrons. The number of ether oxygens (including phenoxy) is 2. The molecular weight excluding hydrogens is 230 g/mol. The van der Waals surface area contributed by atoms with Crippen LogP contribution in [0, 0.1) is 5.41 Å². The summed E-state index contributed by atoms with van der Waals surface area (Å²) in [5, 5.41) is 9.76. The molecule has 4 heteroatoms. The molecule has 0 aromatic heterocycles. The smallest absolute Gasteiger partial charge is 0.0589 e. The number of rotatable bonds is 8. The summed E-state index contributed by atoms with van der Waals surface area (Å²) in [5.41, 5.74) is 0.0232. The number of aliphatic hydroxyl groups excluding tert-OH is 1. The molecule has 1 aliphatic heterocycles. The van der Waals surface area contributed by atoms with Gasteiger partial charge in [0.05, 0.1) is 13.2 Å². The molecule has 0 amide bonds. The quantitative estimate of drug-likeness (QED) is 0.718. The van der Waals surface area contributed by atoms with Crippen molar-refractivity contribution >= 4 is 0 Å². The second-order valence-electron chi connectivity index (χ2n) is 5.49. The van der Waals surface area contributed by atoms with Crippen LogP contribution in [0.3, 0.4) is 0 Å². The van der Waals surface area contributed by atoms with Crippen LogP contribution in [0.1, 0.15) is 33.1 Å². The number of methoxy groups -OCH3 is 1. The lowest BCUT2D eigenvalue weighted by atomic mass is 9.80. The van der Waals surface area contributed by atoms with E-state index in [1.165, 1.54) is 0 Å². The van der Waals surface area contributed by atoms with Gasteiger partial charge < -0.3 is 14.6 Å². The summed E-state index contributed by atoms with van der Waals surface area (Å²) in [5.74, 6) is 0. The molecule has 4 nitrogen and oxygen atoms in total. The Labute approximate surface area is 111 Å². The van der Waals surface area contributed by atoms with Crippen molar-refractivity contribution < 1.29 is 14.6 Å². The first-order valence-electron chi connectivity index (χ1n) is 7.09. The first-order valence-corrected chi connectivity index (χ1v) is 7.09. The van der Waals surface area contributed by atoms with E-state index in [0.717, 1.165) is 52.2 Å². The Morgan fingerprint density at radius 2 is 2.06 bits per heavy atom. The summed E-state index contributed by atoms with van der Waals surface area (Å²) >= 11 is 0. The predicted molar refractivity (Wildman–Crippen MR) is 72.8 cm³/mol. The zero-order valence-corrected chi connectivity index (χ0v) is 12.2. The minimum Gasteiger partial charge on any atom is -0.396 e. The van der Waals surface area contributed by atoms with Gasteiger partial charge in [0.1, 0.15) is 0 Å². The molecule has 0 bridgehead atoms. The van der Waals surface area contributed by atoms with Crippen LogP contribution in [0.4, 0.5) is 0 Å². The van der Waals surface area contributed by atoms with Crippen molar-refractivity contribution in [1.29, 1.82) is 0 Å². The molecule has 0 aromatic carbocycles. The zero-order valence-electron chi connectivity index (χ0n) is 12.2. The molecule has 1 N–H and O–H groups in total. The van der Waals surface area contributed by atoms with E-state index in [1.807, 2.05) is 0 Å². The second kappa shape index (κ2) is 8.10. The van der Waals surface area contributed by atoms with E-state index in [2.05, 4.69) is 18.7 Å². The van der Waals surface area contributed by atoms with E-state index in [-0.39, 0.29) is 12.0 Å². The molecule has 0 saturated carbocycles. The lowest BCUT2D eigenvalue weighted by Crippen LogP contribution is -2.47. The third-order valence-electron chi connectivity index (χ3n) is 4.22. The van der Waals surface area contributed by atoms with Gasteiger partial charge in [-0.2, -0.15) is 0 Å². The standard InChI is InChI=1S/C14H29NO3/c1-4-13(2)15(7-10-17-3)11-14(12-16)5-8-18-9-6-14/h13,16H,4-12H2,1-3H3. The normalized spacial score (nSPS) is 21.2. The van der Waals surface area contributed by atoms with Crippen molar-refractivity contribution in [2.75, 3.05) is 46.6 Å². The average Bonchev–Trinajstić information content (AvgIpc) is 2.43. The summed E-state index contributed by atoms with van der Waals surface area (Å²) < 4.78 is 10.6. The van der Waals surface area contributed by atoms with Crippen LogP contribution in [0.5, 0.6) is 0 Å². The van der Waals surface area contributed by atoms with E-state index in [0.29, 0.717) is 6.04 Å². The van der Waals surface area contributed by atoms with Gasteiger partial charge in [0.25, 0.3) is 0 Å². The molecule has 1 atom stereocenters. The molecule has 0 spiro atoms. The van der Waals surface area contributed by atoms with Crippen LogP contribution in [0.15, 0.2) is 0 Å². The molecule has 1 saturated heterocycles. The largest absolute Gasteiger partial charge is 0.396 e. The average molecular weight is 259 g/mol. The van der Waals surface area contributed by atoms with Crippen molar-refractivity contribution in [2.24, 2.45) is 5.41 Å². The molecule has 1 fully saturated rings. The summed E-state index contributed by atoms with van der Waals surface area (Å²) in [6.45, 7) is 8.91. The van der Waals surface area contributed by atoms with Crippen molar-refractivity contribution in [1.82, 2.24) is 4.90 Å². The van der Waals surface area contributed by atoms with Gasteiger partial charge in [0.15, 0.2) is 0 Å². The van der Waals surface area contributed by atoms with Crippen LogP contribution in [-0.2, 0) is 9.47 Å². The van der Waals surface area contributed by atoms with Gasteiger partial charge in [-0.25, -0.2) is 0 Å². The number of aliphatic hydroxyl groups is 1. The Morgan fingerprint density at radius 3 is 2.56 bits per heavy atom. The summed E-state index contributed by atoms with van der Waals surface area (Å²) in [7, 11) is 1.74. The first kappa shape index (κ1) is 15.9. The maximum atomic E-state index is 9.76. The molecule has 1 rings (SSSR count). The Hall–Kier alpha value is -0.160. The van der Waals surface area contributed by atoms with Gasteiger partial charge in [-0.1, -0.05) is 6.92 Å². The van der Waals surface area contributed by atoms with Gasteiger partial charge in [-0.15, -0.1) is 0 Å². The molecular formula is C14H29NO3. The highest BCUT2D eigenvalue weighted by atomic mass is 16.5. The lowest BCUT2D eigenvalue weighted by molar-refractivity contribution is -0.0429. The lowest BCUT2D eigenvalue weighted by Gasteiger charge is -2.41. The van der Waals surface area contributed by atoms with Crippen molar-refractivity contribution in [3.05, 3.63) is 0 Å². The highest BCUT2D eigenvalue weighted by Crippen LogP contribution is 2.31. The molecule has 18 heavy (non-hydrogen) atoms. The van der Waals surface area contributed by atoms with Crippen LogP contribution in [0.25, 0.3) is 0 Å². The molecule has 1 unspecified atom stereocenters. The van der Waals surface area contributed by atoms with Gasteiger partial charge in [0.2, 0.25) is 0 Å². The molecule has 0 aromatic rings. The molecule has 1 heterocycles. The van der Waals surface area contributed by atoms with Crippen LogP contribution in [0.2, 0.25) is 0 Å². The third kappa shape index (κ3) is 4.50. The minimum atomic E-state index is 0.0232. The van der Waals surface area contributed by atoms with Crippen LogP contribution in [-0.4, -0.2) is 62.7 Å². The van der Waals surface area contributed by atoms with Crippen LogP contribution >= 0.6 is 0 Å². The van der Waals surface area contributed by atoms with Gasteiger partial charge in [0, 0.05) is 44.9 Å². The monoisotopic (exact) mass is 259 g/mol. The van der Waals surface area contributed by atoms with Gasteiger partial charge in [-0.05, 0) is 26.2 Å². The summed E-state index contributed by atoms with van der Waals surface area (Å²) in [4.78, 5) is 2.45. The molecule has 1 aliphatic rings. The summed E-state index contributed by atoms with van der Waals surface area (Å²) in [6, 6.07) is 0.534. The Kier molecular flexibility index (Phi) is 7.15. The van der Waals surface area contributed by atoms with E-state index < -0.39 is 0 Å². The maximum absolute atomic E-state index is 9.76. The topological polar surface area (TPSA) is 41.9 Å². The highest BCUT2D eigenvalue weighted by Gasteiger charge is 2.34. The van der Waals surface area contributed by atoms with E-state index in [4.69, 9.17) is 9.47 Å². The fourth-order valence-corrected chi connectivity index (χ4v) is 2.52. The fraction of sp³-hybridized carbons (Fsp3) is 1.00. The Morgan fingerprint density at radius 1 is 1.39 bits per heavy atom. The van der Waals surface area contributed by atoms with Crippen molar-refractivity contribution in [3.63, 3.8) is 0 Å².